The van der Waals surface area contributed by atoms with E-state index >= 15 is 0 Å². The number of aryl methyl sites for hydroxylation is 1. The van der Waals surface area contributed by atoms with E-state index in [-0.39, 0.29) is 5.82 Å². The van der Waals surface area contributed by atoms with Gasteiger partial charge in [0.05, 0.1) is 0 Å². The fourth-order valence-electron chi connectivity index (χ4n) is 0.616. The highest BCUT2D eigenvalue weighted by molar-refractivity contribution is 5.39. The Morgan fingerprint density at radius 3 is 2.40 bits per heavy atom. The monoisotopic (exact) mass is 141 g/mol. The predicted molar refractivity (Wildman–Crippen MR) is 35.9 cm³/mol. The highest BCUT2D eigenvalue weighted by atomic mass is 19.1. The summed E-state index contributed by atoms with van der Waals surface area (Å²) in [6.07, 6.45) is -0.763. The molecule has 0 spiro atoms. The molecule has 2 N–H and O–H groups in total. The lowest BCUT2D eigenvalue weighted by atomic mass is 10.2. The molecule has 1 aromatic rings. The maximum Gasteiger partial charge on any atom is 0.310 e. The molecular weight excluding hydrogens is 133 g/mol. The summed E-state index contributed by atoms with van der Waals surface area (Å²) in [6, 6.07) is 0. The zero-order chi connectivity index (χ0) is 7.72. The molecule has 0 amide bonds. The molecule has 0 aliphatic rings. The molecule has 3 nitrogen and oxygen atoms in total. The number of halogens is 1. The van der Waals surface area contributed by atoms with Crippen LogP contribution in [0.4, 0.5) is 10.2 Å². The molecule has 0 aliphatic carbocycles. The summed E-state index contributed by atoms with van der Waals surface area (Å²) < 4.78 is 12.3. The van der Waals surface area contributed by atoms with Gasteiger partial charge in [-0.05, 0) is 13.8 Å². The lowest BCUT2D eigenvalue weighted by Crippen LogP contribution is -2.02. The van der Waals surface area contributed by atoms with Crippen LogP contribution in [0.3, 0.4) is 0 Å². The summed E-state index contributed by atoms with van der Waals surface area (Å²) in [5.41, 5.74) is 6.66. The highest BCUT2D eigenvalue weighted by Crippen LogP contribution is 2.09. The molecule has 0 aromatic carbocycles. The van der Waals surface area contributed by atoms with Crippen LogP contribution >= 0.6 is 0 Å². The summed E-state index contributed by atoms with van der Waals surface area (Å²) in [6.45, 7) is 3.44. The topological polar surface area (TPSA) is 51.8 Å². The number of hydrogen-bond acceptors (Lipinski definition) is 3. The number of rotatable bonds is 0. The van der Waals surface area contributed by atoms with Crippen LogP contribution in [0.25, 0.3) is 0 Å². The van der Waals surface area contributed by atoms with E-state index in [4.69, 9.17) is 5.73 Å². The minimum Gasteiger partial charge on any atom is -0.383 e. The number of hydrogen-bond donors (Lipinski definition) is 1. The quantitative estimate of drug-likeness (QED) is 0.544. The second-order valence-corrected chi connectivity index (χ2v) is 2.09. The van der Waals surface area contributed by atoms with E-state index in [1.807, 2.05) is 0 Å². The van der Waals surface area contributed by atoms with Gasteiger partial charge in [-0.15, -0.1) is 0 Å². The van der Waals surface area contributed by atoms with Gasteiger partial charge in [0.25, 0.3) is 0 Å². The number of anilines is 1. The molecule has 0 radical (unpaired) electrons. The van der Waals surface area contributed by atoms with Gasteiger partial charge < -0.3 is 5.73 Å². The Morgan fingerprint density at radius 2 is 1.90 bits per heavy atom. The van der Waals surface area contributed by atoms with Crippen molar-refractivity contribution in [2.24, 2.45) is 0 Å². The van der Waals surface area contributed by atoms with Gasteiger partial charge in [0.2, 0.25) is 0 Å². The molecule has 0 fully saturated rings. The molecule has 1 aromatic heterocycles. The summed E-state index contributed by atoms with van der Waals surface area (Å²) >= 11 is 0. The van der Waals surface area contributed by atoms with E-state index in [0.29, 0.717) is 5.69 Å². The first-order chi connectivity index (χ1) is 4.61. The van der Waals surface area contributed by atoms with E-state index < -0.39 is 6.08 Å². The number of nitrogens with two attached hydrogens (primary N) is 1. The molecule has 10 heavy (non-hydrogen) atoms. The van der Waals surface area contributed by atoms with Crippen LogP contribution in [0.1, 0.15) is 11.3 Å². The smallest absolute Gasteiger partial charge is 0.310 e. The van der Waals surface area contributed by atoms with Gasteiger partial charge in [-0.3, -0.25) is 0 Å². The van der Waals surface area contributed by atoms with Gasteiger partial charge in [0.1, 0.15) is 5.82 Å². The van der Waals surface area contributed by atoms with Crippen molar-refractivity contribution in [3.8, 4) is 0 Å². The largest absolute Gasteiger partial charge is 0.383 e. The molecule has 0 saturated carbocycles. The fraction of sp³-hybridized carbons (Fsp3) is 0.333. The number of nitrogen functional groups attached to an aromatic ring is 1. The van der Waals surface area contributed by atoms with Gasteiger partial charge in [-0.25, -0.2) is 4.98 Å². The first-order valence-corrected chi connectivity index (χ1v) is 2.87. The Hall–Kier alpha value is -1.19. The van der Waals surface area contributed by atoms with E-state index in [9.17, 15) is 4.39 Å². The van der Waals surface area contributed by atoms with Gasteiger partial charge in [0.15, 0.2) is 0 Å². The third kappa shape index (κ3) is 1.05. The number of nitrogens with zero attached hydrogens (tertiary/aromatic N) is 2. The van der Waals surface area contributed by atoms with Crippen molar-refractivity contribution >= 4 is 5.82 Å². The SMILES string of the molecule is Cc1nc(F)nc(N)c1C. The molecule has 0 bridgehead atoms. The maximum absolute atomic E-state index is 12.3. The van der Waals surface area contributed by atoms with Crippen molar-refractivity contribution < 1.29 is 4.39 Å². The van der Waals surface area contributed by atoms with E-state index in [1.165, 1.54) is 0 Å². The molecule has 0 unspecified atom stereocenters. The van der Waals surface area contributed by atoms with Gasteiger partial charge in [-0.2, -0.15) is 9.37 Å². The van der Waals surface area contributed by atoms with E-state index in [1.54, 1.807) is 13.8 Å². The Bertz CT molecular complexity index is 236. The van der Waals surface area contributed by atoms with Crippen molar-refractivity contribution in [2.45, 2.75) is 13.8 Å². The van der Waals surface area contributed by atoms with Gasteiger partial charge in [-0.1, -0.05) is 0 Å². The minimum atomic E-state index is -0.763. The van der Waals surface area contributed by atoms with Crippen LogP contribution < -0.4 is 5.73 Å². The van der Waals surface area contributed by atoms with Crippen LogP contribution in [0.15, 0.2) is 0 Å². The molecule has 1 rings (SSSR count). The van der Waals surface area contributed by atoms with Crippen LogP contribution in [-0.2, 0) is 0 Å². The lowest BCUT2D eigenvalue weighted by molar-refractivity contribution is 0.536. The summed E-state index contributed by atoms with van der Waals surface area (Å²) in [5, 5.41) is 0. The van der Waals surface area contributed by atoms with Crippen molar-refractivity contribution in [1.29, 1.82) is 0 Å². The van der Waals surface area contributed by atoms with E-state index in [0.717, 1.165) is 5.56 Å². The molecule has 1 heterocycles. The van der Waals surface area contributed by atoms with Crippen molar-refractivity contribution in [2.75, 3.05) is 5.73 Å². The molecule has 0 saturated heterocycles. The number of aromatic nitrogens is 2. The fourth-order valence-corrected chi connectivity index (χ4v) is 0.616. The third-order valence-corrected chi connectivity index (χ3v) is 1.40. The van der Waals surface area contributed by atoms with Crippen LogP contribution in [-0.4, -0.2) is 9.97 Å². The first kappa shape index (κ1) is 6.92. The van der Waals surface area contributed by atoms with Gasteiger partial charge >= 0.3 is 6.08 Å². The molecule has 0 atom stereocenters. The first-order valence-electron chi connectivity index (χ1n) is 2.87. The molecule has 4 heteroatoms. The second kappa shape index (κ2) is 2.21. The normalized spacial score (nSPS) is 9.90. The van der Waals surface area contributed by atoms with Crippen LogP contribution in [0.2, 0.25) is 0 Å². The average molecular weight is 141 g/mol. The maximum atomic E-state index is 12.3. The standard InChI is InChI=1S/C6H8FN3/c1-3-4(2)9-6(7)10-5(3)8/h1-2H3,(H2,8,9,10). The Balaban J connectivity index is 3.31. The summed E-state index contributed by atoms with van der Waals surface area (Å²) in [4.78, 5) is 6.81. The molecule has 0 aliphatic heterocycles. The Kier molecular flexibility index (Phi) is 1.53. The van der Waals surface area contributed by atoms with E-state index in [2.05, 4.69) is 9.97 Å². The Morgan fingerprint density at radius 1 is 1.30 bits per heavy atom. The highest BCUT2D eigenvalue weighted by Gasteiger charge is 2.02. The van der Waals surface area contributed by atoms with Crippen molar-refractivity contribution in [3.05, 3.63) is 17.3 Å². The zero-order valence-corrected chi connectivity index (χ0v) is 5.85. The minimum absolute atomic E-state index is 0.213. The average Bonchev–Trinajstić information content (AvgIpc) is 1.82. The van der Waals surface area contributed by atoms with Crippen LogP contribution in [0.5, 0.6) is 0 Å². The summed E-state index contributed by atoms with van der Waals surface area (Å²) in [7, 11) is 0. The van der Waals surface area contributed by atoms with Crippen molar-refractivity contribution in [1.82, 2.24) is 9.97 Å². The Labute approximate surface area is 58.1 Å². The zero-order valence-electron chi connectivity index (χ0n) is 5.85. The molecular formula is C6H8FN3. The van der Waals surface area contributed by atoms with Gasteiger partial charge in [0, 0.05) is 11.3 Å². The third-order valence-electron chi connectivity index (χ3n) is 1.40. The summed E-state index contributed by atoms with van der Waals surface area (Å²) in [5.74, 6) is 0.213. The van der Waals surface area contributed by atoms with Crippen molar-refractivity contribution in [3.63, 3.8) is 0 Å². The second-order valence-electron chi connectivity index (χ2n) is 2.09. The predicted octanol–water partition coefficient (Wildman–Crippen LogP) is 0.815. The lowest BCUT2D eigenvalue weighted by Gasteiger charge is -2.00. The van der Waals surface area contributed by atoms with Crippen LogP contribution in [0, 0.1) is 19.9 Å². The molecule has 54 valence electrons.